The zero-order valence-corrected chi connectivity index (χ0v) is 14.5. The van der Waals surface area contributed by atoms with Crippen LogP contribution in [0.25, 0.3) is 0 Å². The number of hydrogen-bond acceptors (Lipinski definition) is 4. The normalized spacial score (nSPS) is 11.8. The summed E-state index contributed by atoms with van der Waals surface area (Å²) in [5, 5.41) is 11.7. The van der Waals surface area contributed by atoms with Crippen LogP contribution in [0.5, 0.6) is 5.75 Å². The van der Waals surface area contributed by atoms with Gasteiger partial charge in [-0.05, 0) is 42.7 Å². The van der Waals surface area contributed by atoms with E-state index in [4.69, 9.17) is 4.74 Å². The Balaban J connectivity index is 2.03. The third-order valence-electron chi connectivity index (χ3n) is 3.70. The van der Waals surface area contributed by atoms with E-state index in [1.165, 1.54) is 0 Å². The van der Waals surface area contributed by atoms with Gasteiger partial charge in [-0.3, -0.25) is 9.78 Å². The molecule has 0 saturated heterocycles. The van der Waals surface area contributed by atoms with Crippen LogP contribution in [-0.4, -0.2) is 28.0 Å². The molecule has 6 heteroatoms. The monoisotopic (exact) mass is 342 g/mol. The lowest BCUT2D eigenvalue weighted by Crippen LogP contribution is -2.44. The Morgan fingerprint density at radius 2 is 2.00 bits per heavy atom. The molecule has 2 aromatic rings. The molecule has 25 heavy (non-hydrogen) atoms. The van der Waals surface area contributed by atoms with Gasteiger partial charge < -0.3 is 15.2 Å². The number of pyridine rings is 1. The van der Waals surface area contributed by atoms with Gasteiger partial charge in [0.05, 0.1) is 6.20 Å². The smallest absolute Gasteiger partial charge is 0.326 e. The average Bonchev–Trinajstić information content (AvgIpc) is 2.58. The Morgan fingerprint density at radius 1 is 1.24 bits per heavy atom. The molecule has 1 amide bonds. The van der Waals surface area contributed by atoms with Gasteiger partial charge in [-0.25, -0.2) is 4.79 Å². The van der Waals surface area contributed by atoms with Gasteiger partial charge in [0.2, 0.25) is 0 Å². The number of aliphatic carboxylic acids is 1. The largest absolute Gasteiger partial charge is 0.487 e. The van der Waals surface area contributed by atoms with E-state index in [0.29, 0.717) is 17.9 Å². The number of carboxylic acids is 1. The number of hydrogen-bond donors (Lipinski definition) is 2. The summed E-state index contributed by atoms with van der Waals surface area (Å²) >= 11 is 0. The summed E-state index contributed by atoms with van der Waals surface area (Å²) < 4.78 is 5.65. The second kappa shape index (κ2) is 8.28. The highest BCUT2D eigenvalue weighted by molar-refractivity contribution is 5.96. The van der Waals surface area contributed by atoms with Crippen molar-refractivity contribution in [1.29, 1.82) is 0 Å². The second-order valence-corrected chi connectivity index (χ2v) is 6.16. The predicted molar refractivity (Wildman–Crippen MR) is 93.5 cm³/mol. The minimum Gasteiger partial charge on any atom is -0.487 e. The van der Waals surface area contributed by atoms with Crippen LogP contribution in [0.15, 0.2) is 42.6 Å². The first-order chi connectivity index (χ1) is 11.9. The molecule has 1 heterocycles. The van der Waals surface area contributed by atoms with Crippen molar-refractivity contribution in [3.63, 3.8) is 0 Å². The SMILES string of the molecule is Cc1ccc(OCc2cccc(C(=O)N[C@H](C(=O)O)C(C)C)c2)cn1. The van der Waals surface area contributed by atoms with Crippen molar-refractivity contribution in [1.82, 2.24) is 10.3 Å². The number of carbonyl (C=O) groups is 2. The highest BCUT2D eigenvalue weighted by Gasteiger charge is 2.23. The first kappa shape index (κ1) is 18.4. The number of carbonyl (C=O) groups excluding carboxylic acids is 1. The zero-order valence-electron chi connectivity index (χ0n) is 14.5. The first-order valence-electron chi connectivity index (χ1n) is 8.05. The third-order valence-corrected chi connectivity index (χ3v) is 3.70. The second-order valence-electron chi connectivity index (χ2n) is 6.16. The van der Waals surface area contributed by atoms with Crippen LogP contribution in [0.2, 0.25) is 0 Å². The van der Waals surface area contributed by atoms with E-state index >= 15 is 0 Å². The van der Waals surface area contributed by atoms with E-state index in [9.17, 15) is 14.7 Å². The molecular formula is C19H22N2O4. The lowest BCUT2D eigenvalue weighted by molar-refractivity contribution is -0.140. The number of carboxylic acid groups (broad SMARTS) is 1. The molecule has 0 bridgehead atoms. The number of aryl methyl sites for hydroxylation is 1. The number of rotatable bonds is 7. The van der Waals surface area contributed by atoms with Crippen molar-refractivity contribution in [2.75, 3.05) is 0 Å². The summed E-state index contributed by atoms with van der Waals surface area (Å²) in [4.78, 5) is 27.7. The van der Waals surface area contributed by atoms with Gasteiger partial charge in [0.1, 0.15) is 18.4 Å². The summed E-state index contributed by atoms with van der Waals surface area (Å²) in [5.74, 6) is -1.03. The minimum atomic E-state index is -1.05. The number of aromatic nitrogens is 1. The Morgan fingerprint density at radius 3 is 2.60 bits per heavy atom. The quantitative estimate of drug-likeness (QED) is 0.808. The fraction of sp³-hybridized carbons (Fsp3) is 0.316. The molecule has 1 aromatic carbocycles. The van der Waals surface area contributed by atoms with E-state index in [-0.39, 0.29) is 5.92 Å². The summed E-state index contributed by atoms with van der Waals surface area (Å²) in [6.45, 7) is 5.68. The minimum absolute atomic E-state index is 0.206. The van der Waals surface area contributed by atoms with Gasteiger partial charge in [-0.1, -0.05) is 26.0 Å². The van der Waals surface area contributed by atoms with Crippen LogP contribution in [0.4, 0.5) is 0 Å². The molecule has 1 atom stereocenters. The average molecular weight is 342 g/mol. The van der Waals surface area contributed by atoms with E-state index in [1.54, 1.807) is 38.2 Å². The molecule has 0 aliphatic heterocycles. The molecule has 132 valence electrons. The molecule has 2 rings (SSSR count). The van der Waals surface area contributed by atoms with Crippen LogP contribution in [0.1, 0.15) is 35.5 Å². The van der Waals surface area contributed by atoms with Gasteiger partial charge in [-0.15, -0.1) is 0 Å². The van der Waals surface area contributed by atoms with Crippen molar-refractivity contribution in [2.45, 2.75) is 33.4 Å². The van der Waals surface area contributed by atoms with Gasteiger partial charge in [0, 0.05) is 11.3 Å². The third kappa shape index (κ3) is 5.31. The van der Waals surface area contributed by atoms with Crippen LogP contribution in [0.3, 0.4) is 0 Å². The predicted octanol–water partition coefficient (Wildman–Crippen LogP) is 2.81. The Labute approximate surface area is 146 Å². The fourth-order valence-electron chi connectivity index (χ4n) is 2.25. The zero-order chi connectivity index (χ0) is 18.4. The molecule has 0 unspecified atom stereocenters. The van der Waals surface area contributed by atoms with E-state index in [1.807, 2.05) is 25.1 Å². The Kier molecular flexibility index (Phi) is 6.11. The van der Waals surface area contributed by atoms with Crippen LogP contribution >= 0.6 is 0 Å². The van der Waals surface area contributed by atoms with Gasteiger partial charge in [0.15, 0.2) is 0 Å². The standard InChI is InChI=1S/C19H22N2O4/c1-12(2)17(19(23)24)21-18(22)15-6-4-5-14(9-15)11-25-16-8-7-13(3)20-10-16/h4-10,12,17H,11H2,1-3H3,(H,21,22)(H,23,24)/t17-/m0/s1. The fourth-order valence-corrected chi connectivity index (χ4v) is 2.25. The molecule has 6 nitrogen and oxygen atoms in total. The first-order valence-corrected chi connectivity index (χ1v) is 8.05. The Bertz CT molecular complexity index is 741. The molecule has 2 N–H and O–H groups in total. The number of nitrogens with zero attached hydrogens (tertiary/aromatic N) is 1. The molecule has 0 fully saturated rings. The van der Waals surface area contributed by atoms with Crippen molar-refractivity contribution >= 4 is 11.9 Å². The van der Waals surface area contributed by atoms with E-state index in [0.717, 1.165) is 11.3 Å². The molecular weight excluding hydrogens is 320 g/mol. The van der Waals surface area contributed by atoms with Gasteiger partial charge in [-0.2, -0.15) is 0 Å². The van der Waals surface area contributed by atoms with E-state index in [2.05, 4.69) is 10.3 Å². The topological polar surface area (TPSA) is 88.5 Å². The van der Waals surface area contributed by atoms with Crippen molar-refractivity contribution in [3.8, 4) is 5.75 Å². The lowest BCUT2D eigenvalue weighted by atomic mass is 10.0. The molecule has 0 aliphatic carbocycles. The van der Waals surface area contributed by atoms with Crippen molar-refractivity contribution in [2.24, 2.45) is 5.92 Å². The van der Waals surface area contributed by atoms with Gasteiger partial charge >= 0.3 is 5.97 Å². The molecule has 0 saturated carbocycles. The molecule has 0 aliphatic rings. The summed E-state index contributed by atoms with van der Waals surface area (Å²) in [7, 11) is 0. The van der Waals surface area contributed by atoms with Gasteiger partial charge in [0.25, 0.3) is 5.91 Å². The van der Waals surface area contributed by atoms with Crippen LogP contribution in [0, 0.1) is 12.8 Å². The highest BCUT2D eigenvalue weighted by atomic mass is 16.5. The van der Waals surface area contributed by atoms with Crippen molar-refractivity contribution in [3.05, 3.63) is 59.4 Å². The summed E-state index contributed by atoms with van der Waals surface area (Å²) in [5.41, 5.74) is 2.11. The molecule has 1 aromatic heterocycles. The maximum atomic E-state index is 12.3. The maximum absolute atomic E-state index is 12.3. The van der Waals surface area contributed by atoms with E-state index < -0.39 is 17.9 Å². The van der Waals surface area contributed by atoms with Crippen LogP contribution < -0.4 is 10.1 Å². The number of amides is 1. The van der Waals surface area contributed by atoms with Crippen LogP contribution in [-0.2, 0) is 11.4 Å². The molecule has 0 radical (unpaired) electrons. The number of nitrogens with one attached hydrogen (secondary N) is 1. The Hall–Kier alpha value is -2.89. The lowest BCUT2D eigenvalue weighted by Gasteiger charge is -2.18. The summed E-state index contributed by atoms with van der Waals surface area (Å²) in [6, 6.07) is 9.69. The maximum Gasteiger partial charge on any atom is 0.326 e. The highest BCUT2D eigenvalue weighted by Crippen LogP contribution is 2.13. The molecule has 0 spiro atoms. The number of ether oxygens (including phenoxy) is 1. The van der Waals surface area contributed by atoms with Crippen molar-refractivity contribution < 1.29 is 19.4 Å². The summed E-state index contributed by atoms with van der Waals surface area (Å²) in [6.07, 6.45) is 1.64. The number of benzene rings is 1.